The fourth-order valence-corrected chi connectivity index (χ4v) is 2.71. The van der Waals surface area contributed by atoms with E-state index in [0.717, 1.165) is 10.5 Å². The summed E-state index contributed by atoms with van der Waals surface area (Å²) in [5, 5.41) is 0.405. The second-order valence-electron chi connectivity index (χ2n) is 3.47. The topological polar surface area (TPSA) is 17.1 Å². The fraction of sp³-hybridized carbons (Fsp3) is 0.300. The molecule has 2 rings (SSSR count). The van der Waals surface area contributed by atoms with Crippen molar-refractivity contribution in [3.8, 4) is 0 Å². The summed E-state index contributed by atoms with van der Waals surface area (Å²) < 4.78 is 0. The Morgan fingerprint density at radius 1 is 1.38 bits per heavy atom. The zero-order chi connectivity index (χ0) is 9.42. The van der Waals surface area contributed by atoms with Crippen LogP contribution in [-0.2, 0) is 0 Å². The Balaban J connectivity index is 2.49. The molecule has 13 heavy (non-hydrogen) atoms. The van der Waals surface area contributed by atoms with E-state index in [-0.39, 0.29) is 5.82 Å². The van der Waals surface area contributed by atoms with Crippen LogP contribution in [-0.4, -0.2) is 18.9 Å². The molecule has 2 atom stereocenters. The van der Waals surface area contributed by atoms with E-state index in [2.05, 4.69) is 6.92 Å². The van der Waals surface area contributed by atoms with Gasteiger partial charge in [0.15, 0.2) is 5.78 Å². The van der Waals surface area contributed by atoms with Crippen molar-refractivity contribution in [1.82, 2.24) is 0 Å². The lowest BCUT2D eigenvalue weighted by atomic mass is 9.78. The standard InChI is InChI=1S/C10H11BOS/c1-6-9(11)10(12)7-4-2-3-5-8(7)13-6/h2-6,9H,11H2,1H3. The van der Waals surface area contributed by atoms with Gasteiger partial charge in [0.1, 0.15) is 7.85 Å². The van der Waals surface area contributed by atoms with Crippen molar-refractivity contribution in [3.05, 3.63) is 29.8 Å². The molecule has 0 saturated carbocycles. The van der Waals surface area contributed by atoms with Gasteiger partial charge in [0.2, 0.25) is 0 Å². The lowest BCUT2D eigenvalue weighted by Crippen LogP contribution is -2.23. The van der Waals surface area contributed by atoms with Crippen molar-refractivity contribution in [2.45, 2.75) is 22.9 Å². The summed E-state index contributed by atoms with van der Waals surface area (Å²) in [5.74, 6) is 0.446. The second-order valence-corrected chi connectivity index (χ2v) is 4.89. The number of Topliss-reactive ketones (excluding diaryl/α,β-unsaturated/α-hetero) is 1. The molecule has 0 radical (unpaired) electrons. The smallest absolute Gasteiger partial charge is 0.160 e. The van der Waals surface area contributed by atoms with E-state index < -0.39 is 0 Å². The molecule has 66 valence electrons. The van der Waals surface area contributed by atoms with Crippen molar-refractivity contribution < 1.29 is 4.79 Å². The Hall–Kier alpha value is -0.695. The minimum atomic E-state index is 0.153. The number of benzene rings is 1. The Kier molecular flexibility index (Phi) is 2.20. The lowest BCUT2D eigenvalue weighted by molar-refractivity contribution is 0.0979. The highest BCUT2D eigenvalue weighted by atomic mass is 32.2. The van der Waals surface area contributed by atoms with Crippen LogP contribution in [0.4, 0.5) is 0 Å². The van der Waals surface area contributed by atoms with Gasteiger partial charge in [-0.2, -0.15) is 0 Å². The highest BCUT2D eigenvalue weighted by Gasteiger charge is 2.29. The average Bonchev–Trinajstić information content (AvgIpc) is 2.15. The zero-order valence-corrected chi connectivity index (χ0v) is 8.60. The molecule has 1 aliphatic heterocycles. The van der Waals surface area contributed by atoms with E-state index in [9.17, 15) is 4.79 Å². The van der Waals surface area contributed by atoms with Crippen LogP contribution in [0.15, 0.2) is 29.2 Å². The predicted octanol–water partition coefficient (Wildman–Crippen LogP) is 1.79. The van der Waals surface area contributed by atoms with Crippen LogP contribution in [0.3, 0.4) is 0 Å². The van der Waals surface area contributed by atoms with E-state index in [0.29, 0.717) is 11.0 Å². The third-order valence-corrected chi connectivity index (χ3v) is 3.97. The maximum Gasteiger partial charge on any atom is 0.160 e. The molecule has 3 heteroatoms. The lowest BCUT2D eigenvalue weighted by Gasteiger charge is -2.25. The van der Waals surface area contributed by atoms with Gasteiger partial charge in [0, 0.05) is 21.5 Å². The summed E-state index contributed by atoms with van der Waals surface area (Å²) in [5.41, 5.74) is 0.901. The minimum absolute atomic E-state index is 0.153. The van der Waals surface area contributed by atoms with Gasteiger partial charge >= 0.3 is 0 Å². The summed E-state index contributed by atoms with van der Waals surface area (Å²) in [6.07, 6.45) is 0. The minimum Gasteiger partial charge on any atom is -0.295 e. The molecule has 0 bridgehead atoms. The Morgan fingerprint density at radius 3 is 2.85 bits per heavy atom. The largest absolute Gasteiger partial charge is 0.295 e. The molecule has 0 N–H and O–H groups in total. The van der Waals surface area contributed by atoms with Gasteiger partial charge in [-0.25, -0.2) is 0 Å². The third kappa shape index (κ3) is 1.41. The summed E-state index contributed by atoms with van der Waals surface area (Å²) in [6, 6.07) is 7.87. The van der Waals surface area contributed by atoms with Crippen LogP contribution in [0.2, 0.25) is 5.82 Å². The first kappa shape index (κ1) is 8.88. The molecular weight excluding hydrogens is 179 g/mol. The van der Waals surface area contributed by atoms with E-state index in [1.165, 1.54) is 0 Å². The Labute approximate surface area is 83.3 Å². The summed E-state index contributed by atoms with van der Waals surface area (Å²) >= 11 is 1.80. The molecule has 0 aliphatic carbocycles. The average molecular weight is 190 g/mol. The van der Waals surface area contributed by atoms with Crippen molar-refractivity contribution in [1.29, 1.82) is 0 Å². The van der Waals surface area contributed by atoms with Crippen LogP contribution >= 0.6 is 11.8 Å². The number of thioether (sulfide) groups is 1. The number of ketones is 1. The monoisotopic (exact) mass is 190 g/mol. The molecule has 1 nitrogen and oxygen atoms in total. The van der Waals surface area contributed by atoms with Crippen LogP contribution in [0.25, 0.3) is 0 Å². The van der Waals surface area contributed by atoms with Gasteiger partial charge in [0.05, 0.1) is 0 Å². The van der Waals surface area contributed by atoms with Gasteiger partial charge in [0.25, 0.3) is 0 Å². The molecule has 0 fully saturated rings. The molecule has 1 aliphatic rings. The van der Waals surface area contributed by atoms with Crippen molar-refractivity contribution >= 4 is 25.4 Å². The van der Waals surface area contributed by atoms with E-state index in [1.54, 1.807) is 11.8 Å². The molecule has 0 saturated heterocycles. The normalized spacial score (nSPS) is 27.0. The highest BCUT2D eigenvalue weighted by molar-refractivity contribution is 8.00. The van der Waals surface area contributed by atoms with Crippen LogP contribution in [0.5, 0.6) is 0 Å². The van der Waals surface area contributed by atoms with Crippen molar-refractivity contribution in [2.24, 2.45) is 0 Å². The number of carbonyl (C=O) groups excluding carboxylic acids is 1. The van der Waals surface area contributed by atoms with Crippen LogP contribution in [0.1, 0.15) is 17.3 Å². The van der Waals surface area contributed by atoms with Crippen LogP contribution < -0.4 is 0 Å². The van der Waals surface area contributed by atoms with Gasteiger partial charge in [-0.05, 0) is 6.07 Å². The molecular formula is C10H11BOS. The first-order valence-corrected chi connectivity index (χ1v) is 5.38. The zero-order valence-electron chi connectivity index (χ0n) is 7.78. The molecule has 0 spiro atoms. The van der Waals surface area contributed by atoms with E-state index >= 15 is 0 Å². The first-order valence-electron chi connectivity index (χ1n) is 4.50. The molecule has 1 aromatic rings. The SMILES string of the molecule is BC1C(=O)c2ccccc2SC1C. The maximum atomic E-state index is 11.8. The number of carbonyl (C=O) groups is 1. The van der Waals surface area contributed by atoms with Crippen molar-refractivity contribution in [3.63, 3.8) is 0 Å². The third-order valence-electron chi connectivity index (χ3n) is 2.58. The van der Waals surface area contributed by atoms with Gasteiger partial charge in [-0.15, -0.1) is 11.8 Å². The molecule has 0 amide bonds. The first-order chi connectivity index (χ1) is 6.20. The number of hydrogen-bond donors (Lipinski definition) is 0. The summed E-state index contributed by atoms with van der Waals surface area (Å²) in [6.45, 7) is 2.11. The molecule has 1 aromatic carbocycles. The molecule has 1 heterocycles. The Morgan fingerprint density at radius 2 is 2.08 bits per heavy atom. The maximum absolute atomic E-state index is 11.8. The van der Waals surface area contributed by atoms with E-state index in [1.807, 2.05) is 32.1 Å². The van der Waals surface area contributed by atoms with Crippen molar-refractivity contribution in [2.75, 3.05) is 0 Å². The second kappa shape index (κ2) is 3.22. The van der Waals surface area contributed by atoms with Gasteiger partial charge in [-0.1, -0.05) is 25.1 Å². The number of fused-ring (bicyclic) bond motifs is 1. The quantitative estimate of drug-likeness (QED) is 0.580. The summed E-state index contributed by atoms with van der Waals surface area (Å²) in [7, 11) is 2.01. The van der Waals surface area contributed by atoms with Crippen LogP contribution in [0, 0.1) is 0 Å². The number of rotatable bonds is 0. The van der Waals surface area contributed by atoms with E-state index in [4.69, 9.17) is 0 Å². The number of hydrogen-bond acceptors (Lipinski definition) is 2. The summed E-state index contributed by atoms with van der Waals surface area (Å²) in [4.78, 5) is 13.0. The highest BCUT2D eigenvalue weighted by Crippen LogP contribution is 2.39. The van der Waals surface area contributed by atoms with Gasteiger partial charge in [-0.3, -0.25) is 4.79 Å². The Bertz CT molecular complexity index is 351. The van der Waals surface area contributed by atoms with Gasteiger partial charge < -0.3 is 0 Å². The fourth-order valence-electron chi connectivity index (χ4n) is 1.53. The predicted molar refractivity (Wildman–Crippen MR) is 58.4 cm³/mol. The molecule has 0 aromatic heterocycles. The molecule has 2 unspecified atom stereocenters.